The zero-order chi connectivity index (χ0) is 13.5. The molecule has 2 aliphatic rings. The molecule has 1 N–H and O–H groups in total. The van der Waals surface area contributed by atoms with Gasteiger partial charge in [-0.25, -0.2) is 0 Å². The summed E-state index contributed by atoms with van der Waals surface area (Å²) in [6.45, 7) is 4.91. The van der Waals surface area contributed by atoms with E-state index in [1.165, 1.54) is 62.0 Å². The molecule has 0 saturated carbocycles. The van der Waals surface area contributed by atoms with E-state index in [-0.39, 0.29) is 0 Å². The van der Waals surface area contributed by atoms with Crippen LogP contribution >= 0.6 is 0 Å². The first-order chi connectivity index (χ1) is 9.81. The number of likely N-dealkylation sites (N-methyl/N-ethyl adjacent to an activating group) is 1. The number of aromatic nitrogens is 1. The summed E-state index contributed by atoms with van der Waals surface area (Å²) >= 11 is 0. The number of rotatable bonds is 1. The Hall–Kier alpha value is -1.32. The Kier molecular flexibility index (Phi) is 3.04. The van der Waals surface area contributed by atoms with Gasteiger partial charge in [0.25, 0.3) is 0 Å². The number of nitrogens with zero attached hydrogens (tertiary/aromatic N) is 2. The van der Waals surface area contributed by atoms with Crippen molar-refractivity contribution in [2.75, 3.05) is 33.2 Å². The van der Waals surface area contributed by atoms with E-state index in [9.17, 15) is 0 Å². The predicted molar refractivity (Wildman–Crippen MR) is 83.2 cm³/mol. The molecule has 1 aromatic carbocycles. The van der Waals surface area contributed by atoms with Gasteiger partial charge >= 0.3 is 0 Å². The maximum absolute atomic E-state index is 3.62. The molecule has 1 saturated heterocycles. The lowest BCUT2D eigenvalue weighted by Gasteiger charge is -2.39. The Bertz CT molecular complexity index is 608. The minimum absolute atomic E-state index is 0.746. The van der Waals surface area contributed by atoms with E-state index in [2.05, 4.69) is 46.1 Å². The first kappa shape index (κ1) is 12.4. The highest BCUT2D eigenvalue weighted by molar-refractivity contribution is 5.84. The van der Waals surface area contributed by atoms with Crippen molar-refractivity contribution in [3.63, 3.8) is 0 Å². The van der Waals surface area contributed by atoms with E-state index in [4.69, 9.17) is 0 Å². The minimum Gasteiger partial charge on any atom is -0.358 e. The second-order valence-corrected chi connectivity index (χ2v) is 6.36. The fourth-order valence-electron chi connectivity index (χ4n) is 3.85. The molecule has 106 valence electrons. The van der Waals surface area contributed by atoms with Crippen molar-refractivity contribution < 1.29 is 0 Å². The van der Waals surface area contributed by atoms with Gasteiger partial charge in [0.2, 0.25) is 0 Å². The third-order valence-electron chi connectivity index (χ3n) is 5.12. The lowest BCUT2D eigenvalue weighted by molar-refractivity contribution is 0.104. The molecule has 1 unspecified atom stereocenters. The van der Waals surface area contributed by atoms with Crippen molar-refractivity contribution >= 4 is 10.9 Å². The van der Waals surface area contributed by atoms with Crippen molar-refractivity contribution in [3.8, 4) is 0 Å². The number of benzene rings is 1. The minimum atomic E-state index is 0.746. The lowest BCUT2D eigenvalue weighted by atomic mass is 9.90. The van der Waals surface area contributed by atoms with Gasteiger partial charge in [0.15, 0.2) is 0 Å². The third-order valence-corrected chi connectivity index (χ3v) is 5.12. The molecule has 0 bridgehead atoms. The summed E-state index contributed by atoms with van der Waals surface area (Å²) < 4.78 is 0. The highest BCUT2D eigenvalue weighted by Gasteiger charge is 2.28. The van der Waals surface area contributed by atoms with E-state index < -0.39 is 0 Å². The van der Waals surface area contributed by atoms with Gasteiger partial charge in [-0.2, -0.15) is 0 Å². The van der Waals surface area contributed by atoms with Crippen LogP contribution in [0.15, 0.2) is 24.3 Å². The molecule has 4 rings (SSSR count). The Balaban J connectivity index is 1.59. The van der Waals surface area contributed by atoms with Gasteiger partial charge in [0, 0.05) is 48.8 Å². The van der Waals surface area contributed by atoms with Crippen molar-refractivity contribution in [1.82, 2.24) is 14.8 Å². The first-order valence-electron chi connectivity index (χ1n) is 7.82. The van der Waals surface area contributed by atoms with Crippen molar-refractivity contribution in [2.45, 2.75) is 25.3 Å². The molecule has 2 aromatic rings. The monoisotopic (exact) mass is 269 g/mol. The normalized spacial score (nSPS) is 24.9. The topological polar surface area (TPSA) is 22.3 Å². The average molecular weight is 269 g/mol. The summed E-state index contributed by atoms with van der Waals surface area (Å²) in [6, 6.07) is 9.52. The molecule has 1 aliphatic carbocycles. The number of aromatic amines is 1. The summed E-state index contributed by atoms with van der Waals surface area (Å²) in [5.74, 6) is 0. The molecular weight excluding hydrogens is 246 g/mol. The van der Waals surface area contributed by atoms with Crippen molar-refractivity contribution in [3.05, 3.63) is 35.5 Å². The van der Waals surface area contributed by atoms with Gasteiger partial charge in [-0.05, 0) is 37.9 Å². The van der Waals surface area contributed by atoms with Gasteiger partial charge in [-0.1, -0.05) is 18.2 Å². The quantitative estimate of drug-likeness (QED) is 0.858. The number of nitrogens with one attached hydrogen (secondary N) is 1. The number of hydrogen-bond acceptors (Lipinski definition) is 2. The standard InChI is InChI=1S/C17H23N3/c1-19-8-10-20(11-9-19)13-6-7-17-15(12-13)14-4-2-3-5-16(14)18-17/h2-5,13,18H,6-12H2,1H3. The van der Waals surface area contributed by atoms with E-state index in [0.29, 0.717) is 0 Å². The van der Waals surface area contributed by atoms with Crippen LogP contribution in [0.3, 0.4) is 0 Å². The number of piperazine rings is 1. The summed E-state index contributed by atoms with van der Waals surface area (Å²) in [7, 11) is 2.23. The fraction of sp³-hybridized carbons (Fsp3) is 0.529. The van der Waals surface area contributed by atoms with Gasteiger partial charge < -0.3 is 9.88 Å². The molecule has 3 nitrogen and oxygen atoms in total. The summed E-state index contributed by atoms with van der Waals surface area (Å²) in [4.78, 5) is 8.77. The molecule has 2 heterocycles. The molecule has 0 amide bonds. The smallest absolute Gasteiger partial charge is 0.0458 e. The van der Waals surface area contributed by atoms with Gasteiger partial charge in [0.05, 0.1) is 0 Å². The Morgan fingerprint density at radius 1 is 1.10 bits per heavy atom. The second kappa shape index (κ2) is 4.90. The number of para-hydroxylation sites is 1. The Morgan fingerprint density at radius 2 is 1.90 bits per heavy atom. The van der Waals surface area contributed by atoms with Crippen LogP contribution in [0.25, 0.3) is 10.9 Å². The summed E-state index contributed by atoms with van der Waals surface area (Å²) in [5.41, 5.74) is 4.38. The van der Waals surface area contributed by atoms with Gasteiger partial charge in [-0.15, -0.1) is 0 Å². The summed E-state index contributed by atoms with van der Waals surface area (Å²) in [6.07, 6.45) is 3.74. The zero-order valence-corrected chi connectivity index (χ0v) is 12.2. The SMILES string of the molecule is CN1CCN(C2CCc3[nH]c4ccccc4c3C2)CC1. The van der Waals surface area contributed by atoms with Crippen molar-refractivity contribution in [1.29, 1.82) is 0 Å². The fourth-order valence-corrected chi connectivity index (χ4v) is 3.85. The van der Waals surface area contributed by atoms with Crippen LogP contribution in [0.1, 0.15) is 17.7 Å². The van der Waals surface area contributed by atoms with E-state index in [0.717, 1.165) is 6.04 Å². The maximum atomic E-state index is 3.62. The number of H-pyrrole nitrogens is 1. The lowest BCUT2D eigenvalue weighted by Crippen LogP contribution is -2.50. The number of aryl methyl sites for hydroxylation is 1. The first-order valence-corrected chi connectivity index (χ1v) is 7.82. The highest BCUT2D eigenvalue weighted by atomic mass is 15.3. The second-order valence-electron chi connectivity index (χ2n) is 6.36. The molecule has 3 heteroatoms. The van der Waals surface area contributed by atoms with Crippen LogP contribution in [-0.4, -0.2) is 54.1 Å². The highest BCUT2D eigenvalue weighted by Crippen LogP contribution is 2.31. The Morgan fingerprint density at radius 3 is 2.75 bits per heavy atom. The van der Waals surface area contributed by atoms with Crippen LogP contribution in [0.5, 0.6) is 0 Å². The largest absolute Gasteiger partial charge is 0.358 e. The predicted octanol–water partition coefficient (Wildman–Crippen LogP) is 2.27. The van der Waals surface area contributed by atoms with Crippen molar-refractivity contribution in [2.24, 2.45) is 0 Å². The van der Waals surface area contributed by atoms with Crippen LogP contribution in [0, 0.1) is 0 Å². The number of fused-ring (bicyclic) bond motifs is 3. The summed E-state index contributed by atoms with van der Waals surface area (Å²) in [5, 5.41) is 1.45. The van der Waals surface area contributed by atoms with E-state index in [1.807, 2.05) is 0 Å². The molecule has 1 atom stereocenters. The van der Waals surface area contributed by atoms with Crippen LogP contribution in [0.4, 0.5) is 0 Å². The number of hydrogen-bond donors (Lipinski definition) is 1. The Labute approximate surface area is 120 Å². The molecule has 1 aliphatic heterocycles. The van der Waals surface area contributed by atoms with E-state index in [1.54, 1.807) is 5.56 Å². The molecule has 0 radical (unpaired) electrons. The maximum Gasteiger partial charge on any atom is 0.0458 e. The van der Waals surface area contributed by atoms with Gasteiger partial charge in [-0.3, -0.25) is 4.90 Å². The third kappa shape index (κ3) is 2.05. The molecule has 20 heavy (non-hydrogen) atoms. The molecule has 1 fully saturated rings. The van der Waals surface area contributed by atoms with Crippen LogP contribution in [0.2, 0.25) is 0 Å². The zero-order valence-electron chi connectivity index (χ0n) is 12.2. The van der Waals surface area contributed by atoms with Gasteiger partial charge in [0.1, 0.15) is 0 Å². The van der Waals surface area contributed by atoms with Crippen LogP contribution < -0.4 is 0 Å². The molecule has 0 spiro atoms. The van der Waals surface area contributed by atoms with Crippen LogP contribution in [-0.2, 0) is 12.8 Å². The molecule has 1 aromatic heterocycles. The van der Waals surface area contributed by atoms with E-state index >= 15 is 0 Å². The molecular formula is C17H23N3. The average Bonchev–Trinajstić information content (AvgIpc) is 2.86.